The third-order valence-corrected chi connectivity index (χ3v) is 4.82. The van der Waals surface area contributed by atoms with Crippen molar-refractivity contribution in [2.75, 3.05) is 25.0 Å². The van der Waals surface area contributed by atoms with Crippen molar-refractivity contribution in [3.8, 4) is 6.07 Å². The van der Waals surface area contributed by atoms with Crippen molar-refractivity contribution in [3.63, 3.8) is 0 Å². The largest absolute Gasteiger partial charge is 0.369 e. The van der Waals surface area contributed by atoms with E-state index in [2.05, 4.69) is 35.9 Å². The molecule has 3 rings (SSSR count). The first kappa shape index (κ1) is 12.5. The minimum Gasteiger partial charge on any atom is -0.369 e. The first-order chi connectivity index (χ1) is 9.20. The number of rotatable bonds is 1. The van der Waals surface area contributed by atoms with Gasteiger partial charge in [0, 0.05) is 25.2 Å². The Labute approximate surface area is 115 Å². The summed E-state index contributed by atoms with van der Waals surface area (Å²) in [6, 6.07) is 9.78. The van der Waals surface area contributed by atoms with Crippen molar-refractivity contribution in [1.29, 1.82) is 5.26 Å². The van der Waals surface area contributed by atoms with Crippen LogP contribution < -0.4 is 4.90 Å². The SMILES string of the molecule is Cc1cccc(C#N)c1N1CCC2CCC(C1)N2C. The second kappa shape index (κ2) is 4.86. The Balaban J connectivity index is 1.93. The van der Waals surface area contributed by atoms with Gasteiger partial charge in [-0.2, -0.15) is 5.26 Å². The Bertz CT molecular complexity index is 517. The van der Waals surface area contributed by atoms with Gasteiger partial charge < -0.3 is 4.90 Å². The third-order valence-electron chi connectivity index (χ3n) is 4.82. The molecule has 3 nitrogen and oxygen atoms in total. The van der Waals surface area contributed by atoms with Gasteiger partial charge in [0.1, 0.15) is 6.07 Å². The van der Waals surface area contributed by atoms with Gasteiger partial charge in [-0.05, 0) is 44.9 Å². The molecule has 2 heterocycles. The predicted octanol–water partition coefficient (Wildman–Crippen LogP) is 2.54. The number of fused-ring (bicyclic) bond motifs is 2. The number of nitriles is 1. The molecule has 2 aliphatic rings. The Hall–Kier alpha value is -1.53. The third kappa shape index (κ3) is 2.11. The molecule has 0 spiro atoms. The minimum atomic E-state index is 0.652. The maximum Gasteiger partial charge on any atom is 0.101 e. The van der Waals surface area contributed by atoms with Crippen LogP contribution in [0.4, 0.5) is 5.69 Å². The molecule has 2 unspecified atom stereocenters. The molecule has 2 bridgehead atoms. The molecule has 0 aromatic heterocycles. The molecular weight excluding hydrogens is 234 g/mol. The van der Waals surface area contributed by atoms with E-state index >= 15 is 0 Å². The lowest BCUT2D eigenvalue weighted by atomic mass is 10.0. The molecule has 1 aromatic rings. The van der Waals surface area contributed by atoms with Gasteiger partial charge in [0.15, 0.2) is 0 Å². The number of nitrogens with zero attached hydrogens (tertiary/aromatic N) is 3. The number of para-hydroxylation sites is 1. The number of likely N-dealkylation sites (N-methyl/N-ethyl adjacent to an activating group) is 1. The van der Waals surface area contributed by atoms with E-state index < -0.39 is 0 Å². The van der Waals surface area contributed by atoms with Crippen LogP contribution in [0, 0.1) is 18.3 Å². The molecular formula is C16H21N3. The van der Waals surface area contributed by atoms with Gasteiger partial charge in [-0.15, -0.1) is 0 Å². The van der Waals surface area contributed by atoms with Crippen LogP contribution in [0.25, 0.3) is 0 Å². The summed E-state index contributed by atoms with van der Waals surface area (Å²) in [4.78, 5) is 4.98. The van der Waals surface area contributed by atoms with Gasteiger partial charge in [0.05, 0.1) is 11.3 Å². The molecule has 2 aliphatic heterocycles. The summed E-state index contributed by atoms with van der Waals surface area (Å²) in [6.45, 7) is 4.25. The predicted molar refractivity (Wildman–Crippen MR) is 77.3 cm³/mol. The molecule has 3 heteroatoms. The zero-order valence-electron chi connectivity index (χ0n) is 11.8. The van der Waals surface area contributed by atoms with Gasteiger partial charge >= 0.3 is 0 Å². The van der Waals surface area contributed by atoms with Gasteiger partial charge in [0.2, 0.25) is 0 Å². The van der Waals surface area contributed by atoms with E-state index in [4.69, 9.17) is 0 Å². The highest BCUT2D eigenvalue weighted by Gasteiger charge is 2.35. The summed E-state index contributed by atoms with van der Waals surface area (Å²) in [6.07, 6.45) is 3.85. The van der Waals surface area contributed by atoms with E-state index in [0.717, 1.165) is 30.4 Å². The quantitative estimate of drug-likeness (QED) is 0.772. The van der Waals surface area contributed by atoms with E-state index in [1.54, 1.807) is 0 Å². The van der Waals surface area contributed by atoms with Crippen molar-refractivity contribution in [1.82, 2.24) is 4.90 Å². The molecule has 0 N–H and O–H groups in total. The first-order valence-corrected chi connectivity index (χ1v) is 7.17. The maximum absolute atomic E-state index is 9.34. The molecule has 0 aliphatic carbocycles. The highest BCUT2D eigenvalue weighted by atomic mass is 15.3. The highest BCUT2D eigenvalue weighted by Crippen LogP contribution is 2.33. The molecule has 1 aromatic carbocycles. The first-order valence-electron chi connectivity index (χ1n) is 7.17. The van der Waals surface area contributed by atoms with Crippen LogP contribution in [0.3, 0.4) is 0 Å². The lowest BCUT2D eigenvalue weighted by Gasteiger charge is -2.29. The summed E-state index contributed by atoms with van der Waals surface area (Å²) in [7, 11) is 2.26. The van der Waals surface area contributed by atoms with Crippen LogP contribution >= 0.6 is 0 Å². The number of anilines is 1. The molecule has 2 saturated heterocycles. The van der Waals surface area contributed by atoms with Crippen molar-refractivity contribution in [2.45, 2.75) is 38.3 Å². The number of benzene rings is 1. The minimum absolute atomic E-state index is 0.652. The van der Waals surface area contributed by atoms with E-state index in [1.165, 1.54) is 24.8 Å². The molecule has 2 fully saturated rings. The fourth-order valence-corrected chi connectivity index (χ4v) is 3.68. The standard InChI is InChI=1S/C16H21N3/c1-12-4-3-5-13(10-17)16(12)19-9-8-14-6-7-15(11-19)18(14)2/h3-5,14-15H,6-9,11H2,1-2H3. The van der Waals surface area contributed by atoms with Gasteiger partial charge in [0.25, 0.3) is 0 Å². The summed E-state index contributed by atoms with van der Waals surface area (Å²) >= 11 is 0. The van der Waals surface area contributed by atoms with Crippen molar-refractivity contribution in [2.24, 2.45) is 0 Å². The molecule has 0 saturated carbocycles. The molecule has 2 atom stereocenters. The molecule has 0 amide bonds. The van der Waals surface area contributed by atoms with Crippen molar-refractivity contribution >= 4 is 5.69 Å². The van der Waals surface area contributed by atoms with Crippen LogP contribution in [0.15, 0.2) is 18.2 Å². The average Bonchev–Trinajstić information content (AvgIpc) is 2.64. The smallest absolute Gasteiger partial charge is 0.101 e. The van der Waals surface area contributed by atoms with Crippen LogP contribution in [0.5, 0.6) is 0 Å². The van der Waals surface area contributed by atoms with Crippen LogP contribution in [0.2, 0.25) is 0 Å². The van der Waals surface area contributed by atoms with Crippen LogP contribution in [-0.4, -0.2) is 37.1 Å². The number of hydrogen-bond acceptors (Lipinski definition) is 3. The van der Waals surface area contributed by atoms with E-state index in [9.17, 15) is 5.26 Å². The zero-order chi connectivity index (χ0) is 13.4. The summed E-state index contributed by atoms with van der Waals surface area (Å²) in [5.41, 5.74) is 3.20. The van der Waals surface area contributed by atoms with E-state index in [0.29, 0.717) is 6.04 Å². The van der Waals surface area contributed by atoms with Gasteiger partial charge in [-0.3, -0.25) is 4.90 Å². The van der Waals surface area contributed by atoms with Crippen LogP contribution in [0.1, 0.15) is 30.4 Å². The topological polar surface area (TPSA) is 30.3 Å². The second-order valence-corrected chi connectivity index (χ2v) is 5.87. The van der Waals surface area contributed by atoms with Gasteiger partial charge in [-0.1, -0.05) is 12.1 Å². The summed E-state index contributed by atoms with van der Waals surface area (Å²) in [5.74, 6) is 0. The lowest BCUT2D eigenvalue weighted by Crippen LogP contribution is -2.37. The van der Waals surface area contributed by atoms with Crippen molar-refractivity contribution < 1.29 is 0 Å². The second-order valence-electron chi connectivity index (χ2n) is 5.87. The molecule has 19 heavy (non-hydrogen) atoms. The van der Waals surface area contributed by atoms with Crippen molar-refractivity contribution in [3.05, 3.63) is 29.3 Å². The van der Waals surface area contributed by atoms with E-state index in [-0.39, 0.29) is 0 Å². The monoisotopic (exact) mass is 255 g/mol. The average molecular weight is 255 g/mol. The van der Waals surface area contributed by atoms with Crippen LogP contribution in [-0.2, 0) is 0 Å². The maximum atomic E-state index is 9.34. The van der Waals surface area contributed by atoms with E-state index in [1.807, 2.05) is 12.1 Å². The lowest BCUT2D eigenvalue weighted by molar-refractivity contribution is 0.254. The zero-order valence-corrected chi connectivity index (χ0v) is 11.8. The Morgan fingerprint density at radius 3 is 2.79 bits per heavy atom. The summed E-state index contributed by atoms with van der Waals surface area (Å²) < 4.78 is 0. The number of aryl methyl sites for hydroxylation is 1. The van der Waals surface area contributed by atoms with Gasteiger partial charge in [-0.25, -0.2) is 0 Å². The fraction of sp³-hybridized carbons (Fsp3) is 0.562. The fourth-order valence-electron chi connectivity index (χ4n) is 3.68. The molecule has 0 radical (unpaired) electrons. The Morgan fingerprint density at radius 2 is 2.00 bits per heavy atom. The normalized spacial score (nSPS) is 27.1. The summed E-state index contributed by atoms with van der Waals surface area (Å²) in [5, 5.41) is 9.34. The molecule has 100 valence electrons. The number of hydrogen-bond donors (Lipinski definition) is 0. The highest BCUT2D eigenvalue weighted by molar-refractivity contribution is 5.64. The Kier molecular flexibility index (Phi) is 3.20. The Morgan fingerprint density at radius 1 is 1.21 bits per heavy atom.